The van der Waals surface area contributed by atoms with Crippen molar-refractivity contribution in [2.45, 2.75) is 39.5 Å². The number of hydrogen-bond acceptors (Lipinski definition) is 5. The Morgan fingerprint density at radius 1 is 1.27 bits per heavy atom. The predicted molar refractivity (Wildman–Crippen MR) is 112 cm³/mol. The van der Waals surface area contributed by atoms with E-state index in [1.807, 2.05) is 26.0 Å². The third kappa shape index (κ3) is 3.80. The number of hydrogen-bond donors (Lipinski definition) is 2. The number of ether oxygens (including phenoxy) is 2. The van der Waals surface area contributed by atoms with Gasteiger partial charge in [-0.1, -0.05) is 12.1 Å². The van der Waals surface area contributed by atoms with E-state index in [0.29, 0.717) is 17.7 Å². The van der Waals surface area contributed by atoms with Gasteiger partial charge in [0.15, 0.2) is 0 Å². The first kappa shape index (κ1) is 19.8. The van der Waals surface area contributed by atoms with E-state index < -0.39 is 17.0 Å². The van der Waals surface area contributed by atoms with Crippen LogP contribution in [-0.2, 0) is 24.3 Å². The predicted octanol–water partition coefficient (Wildman–Crippen LogP) is 1.73. The number of nitrogens with zero attached hydrogens (tertiary/aromatic N) is 1. The molecule has 1 unspecified atom stereocenters. The largest absolute Gasteiger partial charge is 0.494 e. The van der Waals surface area contributed by atoms with E-state index in [9.17, 15) is 14.4 Å². The van der Waals surface area contributed by atoms with E-state index >= 15 is 0 Å². The van der Waals surface area contributed by atoms with Gasteiger partial charge in [-0.25, -0.2) is 4.68 Å². The number of aromatic amines is 1. The Labute approximate surface area is 172 Å². The SMILES string of the molecule is CCOc1cc2c(cc1CNC(=O)Cn1[nH]c(=O)c3ccccc3c1=O)OC(C)C2. The van der Waals surface area contributed by atoms with Crippen LogP contribution in [0.5, 0.6) is 11.5 Å². The Morgan fingerprint density at radius 2 is 2.03 bits per heavy atom. The van der Waals surface area contributed by atoms with Crippen LogP contribution in [0.1, 0.15) is 25.0 Å². The second-order valence-electron chi connectivity index (χ2n) is 7.29. The van der Waals surface area contributed by atoms with Crippen LogP contribution in [0.4, 0.5) is 0 Å². The molecule has 30 heavy (non-hydrogen) atoms. The highest BCUT2D eigenvalue weighted by molar-refractivity contribution is 5.81. The first-order valence-corrected chi connectivity index (χ1v) is 9.90. The van der Waals surface area contributed by atoms with Crippen LogP contribution in [0.2, 0.25) is 0 Å². The van der Waals surface area contributed by atoms with Crippen LogP contribution >= 0.6 is 0 Å². The molecule has 2 heterocycles. The van der Waals surface area contributed by atoms with Crippen LogP contribution in [0, 0.1) is 0 Å². The van der Waals surface area contributed by atoms with Gasteiger partial charge in [0.1, 0.15) is 24.1 Å². The highest BCUT2D eigenvalue weighted by Gasteiger charge is 2.22. The number of fused-ring (bicyclic) bond motifs is 2. The zero-order valence-corrected chi connectivity index (χ0v) is 16.9. The maximum absolute atomic E-state index is 12.6. The molecule has 8 nitrogen and oxygen atoms in total. The Kier molecular flexibility index (Phi) is 5.31. The Bertz CT molecular complexity index is 1230. The van der Waals surface area contributed by atoms with E-state index in [4.69, 9.17) is 9.47 Å². The fourth-order valence-corrected chi connectivity index (χ4v) is 3.66. The summed E-state index contributed by atoms with van der Waals surface area (Å²) >= 11 is 0. The van der Waals surface area contributed by atoms with Gasteiger partial charge >= 0.3 is 0 Å². The monoisotopic (exact) mass is 409 g/mol. The van der Waals surface area contributed by atoms with Crippen molar-refractivity contribution in [3.63, 3.8) is 0 Å². The van der Waals surface area contributed by atoms with Crippen LogP contribution < -0.4 is 25.9 Å². The van der Waals surface area contributed by atoms with Crippen LogP contribution in [0.15, 0.2) is 46.0 Å². The lowest BCUT2D eigenvalue weighted by atomic mass is 10.1. The molecular weight excluding hydrogens is 386 g/mol. The Hall–Kier alpha value is -3.55. The van der Waals surface area contributed by atoms with E-state index in [2.05, 4.69) is 10.4 Å². The lowest BCUT2D eigenvalue weighted by Crippen LogP contribution is -2.36. The van der Waals surface area contributed by atoms with E-state index in [-0.39, 0.29) is 24.6 Å². The molecule has 0 bridgehead atoms. The molecule has 1 atom stereocenters. The summed E-state index contributed by atoms with van der Waals surface area (Å²) in [5, 5.41) is 5.82. The summed E-state index contributed by atoms with van der Waals surface area (Å²) in [5.41, 5.74) is 1.04. The maximum atomic E-state index is 12.6. The summed E-state index contributed by atoms with van der Waals surface area (Å²) in [7, 11) is 0. The number of carbonyl (C=O) groups excluding carboxylic acids is 1. The average Bonchev–Trinajstić information content (AvgIpc) is 3.09. The van der Waals surface area contributed by atoms with Crippen molar-refractivity contribution < 1.29 is 14.3 Å². The van der Waals surface area contributed by atoms with Crippen molar-refractivity contribution in [3.05, 3.63) is 68.2 Å². The number of aromatic nitrogens is 2. The standard InChI is InChI=1S/C22H23N3O5/c1-3-29-18-9-14-8-13(2)30-19(14)10-15(18)11-23-20(26)12-25-22(28)17-7-5-4-6-16(17)21(27)24-25/h4-7,9-10,13H,3,8,11-12H2,1-2H3,(H,23,26)(H,24,27). The summed E-state index contributed by atoms with van der Waals surface area (Å²) < 4.78 is 12.5. The second-order valence-corrected chi connectivity index (χ2v) is 7.29. The van der Waals surface area contributed by atoms with Gasteiger partial charge in [-0.15, -0.1) is 0 Å². The average molecular weight is 409 g/mol. The van der Waals surface area contributed by atoms with Gasteiger partial charge in [0, 0.05) is 24.1 Å². The zero-order chi connectivity index (χ0) is 21.3. The Balaban J connectivity index is 1.52. The van der Waals surface area contributed by atoms with E-state index in [0.717, 1.165) is 28.0 Å². The summed E-state index contributed by atoms with van der Waals surface area (Å²) in [6.07, 6.45) is 0.927. The highest BCUT2D eigenvalue weighted by atomic mass is 16.5. The molecule has 1 aliphatic rings. The lowest BCUT2D eigenvalue weighted by molar-refractivity contribution is -0.122. The molecule has 1 aromatic heterocycles. The van der Waals surface area contributed by atoms with Crippen LogP contribution in [0.3, 0.4) is 0 Å². The highest BCUT2D eigenvalue weighted by Crippen LogP contribution is 2.35. The van der Waals surface area contributed by atoms with Gasteiger partial charge in [-0.05, 0) is 38.1 Å². The van der Waals surface area contributed by atoms with Crippen LogP contribution in [0.25, 0.3) is 10.8 Å². The van der Waals surface area contributed by atoms with Crippen molar-refractivity contribution in [2.24, 2.45) is 0 Å². The number of amides is 1. The molecule has 2 N–H and O–H groups in total. The molecule has 0 aliphatic carbocycles. The topological polar surface area (TPSA) is 102 Å². The molecule has 4 rings (SSSR count). The molecule has 1 aliphatic heterocycles. The van der Waals surface area contributed by atoms with Crippen molar-refractivity contribution >= 4 is 16.7 Å². The summed E-state index contributed by atoms with van der Waals surface area (Å²) in [6.45, 7) is 4.33. The summed E-state index contributed by atoms with van der Waals surface area (Å²) in [6, 6.07) is 10.3. The molecule has 0 saturated carbocycles. The van der Waals surface area contributed by atoms with Gasteiger partial charge in [-0.3, -0.25) is 19.5 Å². The molecule has 3 aromatic rings. The summed E-state index contributed by atoms with van der Waals surface area (Å²) in [5.74, 6) is 1.09. The molecule has 0 saturated heterocycles. The molecule has 0 radical (unpaired) electrons. The molecular formula is C22H23N3O5. The lowest BCUT2D eigenvalue weighted by Gasteiger charge is -2.14. The number of rotatable bonds is 6. The Morgan fingerprint density at radius 3 is 2.80 bits per heavy atom. The number of carbonyl (C=O) groups is 1. The molecule has 0 fully saturated rings. The first-order chi connectivity index (χ1) is 14.5. The molecule has 0 spiro atoms. The number of benzene rings is 2. The normalized spacial score (nSPS) is 14.9. The van der Waals surface area contributed by atoms with Gasteiger partial charge in [0.05, 0.1) is 17.4 Å². The maximum Gasteiger partial charge on any atom is 0.273 e. The van der Waals surface area contributed by atoms with Crippen molar-refractivity contribution in [1.29, 1.82) is 0 Å². The molecule has 1 amide bonds. The second kappa shape index (κ2) is 8.06. The minimum Gasteiger partial charge on any atom is -0.494 e. The van der Waals surface area contributed by atoms with Crippen molar-refractivity contribution in [2.75, 3.05) is 6.61 Å². The van der Waals surface area contributed by atoms with E-state index in [1.165, 1.54) is 0 Å². The third-order valence-corrected chi connectivity index (χ3v) is 5.04. The van der Waals surface area contributed by atoms with Crippen molar-refractivity contribution in [1.82, 2.24) is 15.1 Å². The zero-order valence-electron chi connectivity index (χ0n) is 16.9. The summed E-state index contributed by atoms with van der Waals surface area (Å²) in [4.78, 5) is 37.2. The number of nitrogens with one attached hydrogen (secondary N) is 2. The van der Waals surface area contributed by atoms with Crippen molar-refractivity contribution in [3.8, 4) is 11.5 Å². The van der Waals surface area contributed by atoms with Gasteiger partial charge in [0.25, 0.3) is 11.1 Å². The number of H-pyrrole nitrogens is 1. The fourth-order valence-electron chi connectivity index (χ4n) is 3.66. The molecule has 156 valence electrons. The third-order valence-electron chi connectivity index (χ3n) is 5.04. The van der Waals surface area contributed by atoms with Gasteiger partial charge in [-0.2, -0.15) is 0 Å². The minimum absolute atomic E-state index is 0.107. The van der Waals surface area contributed by atoms with E-state index in [1.54, 1.807) is 24.3 Å². The quantitative estimate of drug-likeness (QED) is 0.646. The fraction of sp³-hybridized carbons (Fsp3) is 0.318. The smallest absolute Gasteiger partial charge is 0.273 e. The van der Waals surface area contributed by atoms with Crippen LogP contribution in [-0.4, -0.2) is 28.4 Å². The van der Waals surface area contributed by atoms with Gasteiger partial charge in [0.2, 0.25) is 5.91 Å². The molecule has 2 aromatic carbocycles. The van der Waals surface area contributed by atoms with Gasteiger partial charge < -0.3 is 14.8 Å². The first-order valence-electron chi connectivity index (χ1n) is 9.90. The minimum atomic E-state index is -0.421. The molecule has 8 heteroatoms.